The quantitative estimate of drug-likeness (QED) is 0.654. The first-order chi connectivity index (χ1) is 13.6. The van der Waals surface area contributed by atoms with Gasteiger partial charge in [0, 0.05) is 18.8 Å². The summed E-state index contributed by atoms with van der Waals surface area (Å²) < 4.78 is 12.8. The van der Waals surface area contributed by atoms with Crippen molar-refractivity contribution in [1.82, 2.24) is 9.88 Å². The molecule has 2 aromatic carbocycles. The zero-order valence-corrected chi connectivity index (χ0v) is 15.6. The van der Waals surface area contributed by atoms with Crippen LogP contribution in [0.4, 0.5) is 0 Å². The number of hydrogen-bond acceptors (Lipinski definition) is 4. The lowest BCUT2D eigenvalue weighted by Gasteiger charge is -2.13. The summed E-state index contributed by atoms with van der Waals surface area (Å²) in [4.78, 5) is 24.3. The van der Waals surface area contributed by atoms with Crippen LogP contribution in [0.25, 0.3) is 0 Å². The van der Waals surface area contributed by atoms with Crippen LogP contribution < -0.4 is 20.2 Å². The van der Waals surface area contributed by atoms with Gasteiger partial charge in [0.25, 0.3) is 5.91 Å². The van der Waals surface area contributed by atoms with E-state index in [0.29, 0.717) is 18.1 Å². The molecule has 3 rings (SSSR count). The van der Waals surface area contributed by atoms with Crippen LogP contribution >= 0.6 is 0 Å². The average molecular weight is 378 g/mol. The van der Waals surface area contributed by atoms with Gasteiger partial charge in [-0.15, -0.1) is 0 Å². The molecule has 144 valence electrons. The molecular formula is C22H22N2O4. The highest BCUT2D eigenvalue weighted by Crippen LogP contribution is 2.10. The molecule has 1 aromatic heterocycles. The highest BCUT2D eigenvalue weighted by atomic mass is 16.5. The van der Waals surface area contributed by atoms with E-state index in [9.17, 15) is 9.59 Å². The average Bonchev–Trinajstić information content (AvgIpc) is 2.73. The molecule has 0 unspecified atom stereocenters. The van der Waals surface area contributed by atoms with Gasteiger partial charge in [0.15, 0.2) is 12.4 Å². The molecule has 0 spiro atoms. The molecule has 1 N–H and O–H groups in total. The molecule has 1 amide bonds. The van der Waals surface area contributed by atoms with E-state index in [1.165, 1.54) is 6.07 Å². The summed E-state index contributed by atoms with van der Waals surface area (Å²) in [6, 6.07) is 20.2. The second kappa shape index (κ2) is 9.41. The Kier molecular flexibility index (Phi) is 6.46. The number of nitrogens with zero attached hydrogens (tertiary/aromatic N) is 1. The van der Waals surface area contributed by atoms with Crippen LogP contribution in [0.1, 0.15) is 11.3 Å². The molecule has 28 heavy (non-hydrogen) atoms. The van der Waals surface area contributed by atoms with E-state index in [0.717, 1.165) is 5.56 Å². The molecule has 0 radical (unpaired) electrons. The monoisotopic (exact) mass is 378 g/mol. The first kappa shape index (κ1) is 19.2. The summed E-state index contributed by atoms with van der Waals surface area (Å²) in [6.45, 7) is 0.459. The molecule has 3 aromatic rings. The number of amides is 1. The Hall–Kier alpha value is -3.54. The third-order valence-corrected chi connectivity index (χ3v) is 4.12. The number of carbonyl (C=O) groups excluding carboxylic acids is 1. The van der Waals surface area contributed by atoms with Gasteiger partial charge in [0.2, 0.25) is 5.43 Å². The van der Waals surface area contributed by atoms with E-state index < -0.39 is 0 Å². The Balaban J connectivity index is 1.53. The maximum Gasteiger partial charge on any atom is 0.258 e. The third-order valence-electron chi connectivity index (χ3n) is 4.12. The molecule has 0 aliphatic rings. The lowest BCUT2D eigenvalue weighted by Crippen LogP contribution is -2.30. The molecule has 0 fully saturated rings. The van der Waals surface area contributed by atoms with Crippen molar-refractivity contribution in [1.29, 1.82) is 0 Å². The normalized spacial score (nSPS) is 10.3. The van der Waals surface area contributed by atoms with Crippen LogP contribution in [0.5, 0.6) is 11.5 Å². The summed E-state index contributed by atoms with van der Waals surface area (Å²) in [6.07, 6.45) is 1.63. The maximum atomic E-state index is 12.3. The number of benzene rings is 2. The third kappa shape index (κ3) is 5.48. The smallest absolute Gasteiger partial charge is 0.258 e. The van der Waals surface area contributed by atoms with Crippen LogP contribution in [0.2, 0.25) is 0 Å². The summed E-state index contributed by atoms with van der Waals surface area (Å²) in [5.41, 5.74) is 1.43. The molecule has 0 bridgehead atoms. The van der Waals surface area contributed by atoms with Gasteiger partial charge in [-0.3, -0.25) is 9.59 Å². The van der Waals surface area contributed by atoms with E-state index in [4.69, 9.17) is 9.47 Å². The van der Waals surface area contributed by atoms with Crippen molar-refractivity contribution in [3.8, 4) is 11.5 Å². The van der Waals surface area contributed by atoms with Gasteiger partial charge in [0.05, 0.1) is 12.7 Å². The van der Waals surface area contributed by atoms with Gasteiger partial charge < -0.3 is 19.4 Å². The highest BCUT2D eigenvalue weighted by molar-refractivity contribution is 5.77. The van der Waals surface area contributed by atoms with E-state index >= 15 is 0 Å². The van der Waals surface area contributed by atoms with Gasteiger partial charge in [-0.1, -0.05) is 48.5 Å². The molecule has 0 saturated heterocycles. The predicted octanol–water partition coefficient (Wildman–Crippen LogP) is 2.66. The van der Waals surface area contributed by atoms with Crippen LogP contribution in [0.3, 0.4) is 0 Å². The van der Waals surface area contributed by atoms with E-state index in [-0.39, 0.29) is 30.2 Å². The summed E-state index contributed by atoms with van der Waals surface area (Å²) >= 11 is 0. The number of nitrogens with one attached hydrogen (secondary N) is 1. The number of ether oxygens (including phenoxy) is 2. The number of aromatic nitrogens is 1. The molecule has 0 aliphatic heterocycles. The second-order valence-corrected chi connectivity index (χ2v) is 6.26. The van der Waals surface area contributed by atoms with Crippen LogP contribution in [-0.4, -0.2) is 17.1 Å². The van der Waals surface area contributed by atoms with Crippen LogP contribution in [-0.2, 0) is 25.0 Å². The lowest BCUT2D eigenvalue weighted by atomic mass is 10.2. The molecule has 6 nitrogen and oxygen atoms in total. The molecular weight excluding hydrogens is 356 g/mol. The molecule has 0 aliphatic carbocycles. The van der Waals surface area contributed by atoms with E-state index in [1.54, 1.807) is 29.9 Å². The predicted molar refractivity (Wildman–Crippen MR) is 106 cm³/mol. The van der Waals surface area contributed by atoms with Crippen molar-refractivity contribution in [2.24, 2.45) is 7.05 Å². The van der Waals surface area contributed by atoms with Crippen LogP contribution in [0, 0.1) is 0 Å². The molecule has 1 heterocycles. The molecule has 0 atom stereocenters. The second-order valence-electron chi connectivity index (χ2n) is 6.26. The summed E-state index contributed by atoms with van der Waals surface area (Å²) in [7, 11) is 1.80. The first-order valence-electron chi connectivity index (χ1n) is 8.92. The fraction of sp³-hybridized carbons (Fsp3) is 0.182. The first-order valence-corrected chi connectivity index (χ1v) is 8.92. The Labute approximate surface area is 163 Å². The van der Waals surface area contributed by atoms with Crippen LogP contribution in [0.15, 0.2) is 77.7 Å². The van der Waals surface area contributed by atoms with Gasteiger partial charge >= 0.3 is 0 Å². The lowest BCUT2D eigenvalue weighted by molar-refractivity contribution is -0.123. The fourth-order valence-electron chi connectivity index (χ4n) is 2.57. The number of pyridine rings is 1. The minimum Gasteiger partial charge on any atom is -0.484 e. The Morgan fingerprint density at radius 2 is 1.68 bits per heavy atom. The SMILES string of the molecule is Cn1cc(OCc2ccccc2)c(=O)cc1CNC(=O)COc1ccccc1. The Bertz CT molecular complexity index is 969. The number of para-hydroxylation sites is 1. The minimum absolute atomic E-state index is 0.0871. The largest absolute Gasteiger partial charge is 0.484 e. The van der Waals surface area contributed by atoms with Gasteiger partial charge in [-0.2, -0.15) is 0 Å². The van der Waals surface area contributed by atoms with Crippen molar-refractivity contribution < 1.29 is 14.3 Å². The van der Waals surface area contributed by atoms with Crippen molar-refractivity contribution in [2.45, 2.75) is 13.2 Å². The molecule has 0 saturated carbocycles. The highest BCUT2D eigenvalue weighted by Gasteiger charge is 2.08. The van der Waals surface area contributed by atoms with Crippen molar-refractivity contribution in [2.75, 3.05) is 6.61 Å². The Morgan fingerprint density at radius 3 is 2.39 bits per heavy atom. The summed E-state index contributed by atoms with van der Waals surface area (Å²) in [5.74, 6) is 0.638. The van der Waals surface area contributed by atoms with Crippen molar-refractivity contribution in [3.63, 3.8) is 0 Å². The van der Waals surface area contributed by atoms with Crippen molar-refractivity contribution >= 4 is 5.91 Å². The maximum absolute atomic E-state index is 12.3. The number of hydrogen-bond donors (Lipinski definition) is 1. The minimum atomic E-state index is -0.263. The number of aryl methyl sites for hydroxylation is 1. The zero-order valence-electron chi connectivity index (χ0n) is 15.6. The van der Waals surface area contributed by atoms with E-state index in [2.05, 4.69) is 5.32 Å². The Morgan fingerprint density at radius 1 is 1.00 bits per heavy atom. The van der Waals surface area contributed by atoms with Gasteiger partial charge in [0.1, 0.15) is 12.4 Å². The number of carbonyl (C=O) groups is 1. The van der Waals surface area contributed by atoms with Gasteiger partial charge in [-0.25, -0.2) is 0 Å². The topological polar surface area (TPSA) is 69.6 Å². The summed E-state index contributed by atoms with van der Waals surface area (Å²) in [5, 5.41) is 2.75. The fourth-order valence-corrected chi connectivity index (χ4v) is 2.57. The van der Waals surface area contributed by atoms with E-state index in [1.807, 2.05) is 48.5 Å². The standard InChI is InChI=1S/C22H22N2O4/c1-24-14-21(28-15-17-8-4-2-5-9-17)20(25)12-18(24)13-23-22(26)16-27-19-10-6-3-7-11-19/h2-12,14H,13,15-16H2,1H3,(H,23,26). The van der Waals surface area contributed by atoms with Gasteiger partial charge in [-0.05, 0) is 17.7 Å². The zero-order chi connectivity index (χ0) is 19.8. The molecule has 6 heteroatoms. The number of rotatable bonds is 8. The van der Waals surface area contributed by atoms with Crippen molar-refractivity contribution in [3.05, 3.63) is 94.4 Å².